The number of hydrogen-bond acceptors (Lipinski definition) is 4. The fourth-order valence-electron chi connectivity index (χ4n) is 4.12. The molecule has 0 N–H and O–H groups in total. The number of likely N-dealkylation sites (tertiary alicyclic amines) is 1. The van der Waals surface area contributed by atoms with Gasteiger partial charge in [0.15, 0.2) is 0 Å². The molecular weight excluding hydrogens is 374 g/mol. The van der Waals surface area contributed by atoms with Crippen LogP contribution in [-0.4, -0.2) is 29.8 Å². The summed E-state index contributed by atoms with van der Waals surface area (Å²) in [7, 11) is 0. The molecule has 4 rings (SSSR count). The van der Waals surface area contributed by atoms with Crippen LogP contribution in [0.25, 0.3) is 5.57 Å². The first-order valence-electron chi connectivity index (χ1n) is 10.4. The summed E-state index contributed by atoms with van der Waals surface area (Å²) < 4.78 is 0. The van der Waals surface area contributed by atoms with Gasteiger partial charge in [-0.25, -0.2) is 4.90 Å². The van der Waals surface area contributed by atoms with E-state index in [0.29, 0.717) is 28.4 Å². The molecule has 2 aliphatic heterocycles. The third-order valence-electron chi connectivity index (χ3n) is 6.21. The smallest absolute Gasteiger partial charge is 0.282 e. The minimum Gasteiger partial charge on any atom is -0.366 e. The molecule has 0 aromatic heterocycles. The van der Waals surface area contributed by atoms with E-state index >= 15 is 0 Å². The van der Waals surface area contributed by atoms with Crippen LogP contribution in [0.1, 0.15) is 42.0 Å². The molecule has 0 atom stereocenters. The van der Waals surface area contributed by atoms with Crippen molar-refractivity contribution in [2.75, 3.05) is 18.0 Å². The number of nitrogens with zero attached hydrogens (tertiary/aromatic N) is 3. The summed E-state index contributed by atoms with van der Waals surface area (Å²) in [5, 5.41) is 9.06. The van der Waals surface area contributed by atoms with Gasteiger partial charge in [-0.1, -0.05) is 25.1 Å². The average Bonchev–Trinajstić information content (AvgIpc) is 3.01. The minimum absolute atomic E-state index is 0.285. The first-order chi connectivity index (χ1) is 14.4. The lowest BCUT2D eigenvalue weighted by Crippen LogP contribution is -2.38. The minimum atomic E-state index is -0.304. The zero-order chi connectivity index (χ0) is 21.4. The Morgan fingerprint density at radius 3 is 2.20 bits per heavy atom. The molecule has 30 heavy (non-hydrogen) atoms. The Hall–Kier alpha value is -3.39. The van der Waals surface area contributed by atoms with Gasteiger partial charge < -0.3 is 4.90 Å². The Labute approximate surface area is 177 Å². The van der Waals surface area contributed by atoms with Crippen LogP contribution in [0.4, 0.5) is 5.69 Å². The number of aryl methyl sites for hydroxylation is 2. The second-order valence-electron chi connectivity index (χ2n) is 8.30. The summed E-state index contributed by atoms with van der Waals surface area (Å²) in [6, 6.07) is 14.6. The Kier molecular flexibility index (Phi) is 5.17. The number of nitriles is 1. The summed E-state index contributed by atoms with van der Waals surface area (Å²) in [4.78, 5) is 30.4. The SMILES string of the molecule is Cc1ccc(C2=C(N3CCC(C)CC3)C(=O)N(c3ccc(C#N)cc3)C2=O)cc1C. The largest absolute Gasteiger partial charge is 0.366 e. The quantitative estimate of drug-likeness (QED) is 0.726. The van der Waals surface area contributed by atoms with Crippen LogP contribution < -0.4 is 4.90 Å². The standard InChI is InChI=1S/C25H25N3O2/c1-16-10-12-27(13-11-16)23-22(20-7-4-17(2)18(3)14-20)24(29)28(25(23)30)21-8-5-19(15-26)6-9-21/h4-9,14,16H,10-13H2,1-3H3. The molecule has 0 aliphatic carbocycles. The highest BCUT2D eigenvalue weighted by Crippen LogP contribution is 2.36. The molecule has 2 aromatic carbocycles. The number of carbonyl (C=O) groups excluding carboxylic acids is 2. The van der Waals surface area contributed by atoms with Crippen LogP contribution in [0.15, 0.2) is 48.2 Å². The number of piperidine rings is 1. The highest BCUT2D eigenvalue weighted by atomic mass is 16.2. The lowest BCUT2D eigenvalue weighted by atomic mass is 9.96. The van der Waals surface area contributed by atoms with Crippen LogP contribution in [-0.2, 0) is 9.59 Å². The van der Waals surface area contributed by atoms with Gasteiger partial charge in [-0.05, 0) is 73.6 Å². The van der Waals surface area contributed by atoms with E-state index in [0.717, 1.165) is 42.6 Å². The van der Waals surface area contributed by atoms with E-state index in [9.17, 15) is 9.59 Å². The van der Waals surface area contributed by atoms with Crippen molar-refractivity contribution < 1.29 is 9.59 Å². The van der Waals surface area contributed by atoms with Gasteiger partial charge in [0.1, 0.15) is 5.70 Å². The van der Waals surface area contributed by atoms with Gasteiger partial charge in [0.25, 0.3) is 11.8 Å². The highest BCUT2D eigenvalue weighted by molar-refractivity contribution is 6.45. The van der Waals surface area contributed by atoms with E-state index in [2.05, 4.69) is 17.9 Å². The van der Waals surface area contributed by atoms with Crippen molar-refractivity contribution in [2.24, 2.45) is 5.92 Å². The van der Waals surface area contributed by atoms with E-state index in [-0.39, 0.29) is 11.8 Å². The molecule has 1 saturated heterocycles. The van der Waals surface area contributed by atoms with E-state index < -0.39 is 0 Å². The number of benzene rings is 2. The van der Waals surface area contributed by atoms with E-state index in [1.165, 1.54) is 4.90 Å². The predicted molar refractivity (Wildman–Crippen MR) is 116 cm³/mol. The summed E-state index contributed by atoms with van der Waals surface area (Å²) in [6.07, 6.45) is 2.00. The van der Waals surface area contributed by atoms with E-state index in [1.54, 1.807) is 24.3 Å². The Morgan fingerprint density at radius 1 is 0.933 bits per heavy atom. The van der Waals surface area contributed by atoms with Crippen LogP contribution in [0, 0.1) is 31.1 Å². The van der Waals surface area contributed by atoms with Crippen molar-refractivity contribution >= 4 is 23.1 Å². The number of hydrogen-bond donors (Lipinski definition) is 0. The van der Waals surface area contributed by atoms with Crippen LogP contribution in [0.5, 0.6) is 0 Å². The van der Waals surface area contributed by atoms with Gasteiger partial charge in [0, 0.05) is 13.1 Å². The van der Waals surface area contributed by atoms with Crippen molar-refractivity contribution in [3.05, 3.63) is 70.4 Å². The Balaban J connectivity index is 1.81. The van der Waals surface area contributed by atoms with Crippen molar-refractivity contribution in [3.63, 3.8) is 0 Å². The highest BCUT2D eigenvalue weighted by Gasteiger charge is 2.43. The molecule has 0 radical (unpaired) electrons. The molecule has 2 heterocycles. The maximum absolute atomic E-state index is 13.5. The second-order valence-corrected chi connectivity index (χ2v) is 8.30. The Bertz CT molecular complexity index is 1080. The third kappa shape index (κ3) is 3.39. The van der Waals surface area contributed by atoms with Gasteiger partial charge in [0.2, 0.25) is 0 Å². The molecule has 2 amide bonds. The molecule has 5 nitrogen and oxygen atoms in total. The topological polar surface area (TPSA) is 64.4 Å². The van der Waals surface area contributed by atoms with Crippen molar-refractivity contribution in [1.82, 2.24) is 4.90 Å². The van der Waals surface area contributed by atoms with E-state index in [4.69, 9.17) is 5.26 Å². The zero-order valence-electron chi connectivity index (χ0n) is 17.6. The van der Waals surface area contributed by atoms with Crippen LogP contribution >= 0.6 is 0 Å². The van der Waals surface area contributed by atoms with Gasteiger partial charge in [-0.3, -0.25) is 9.59 Å². The van der Waals surface area contributed by atoms with Crippen molar-refractivity contribution in [3.8, 4) is 6.07 Å². The molecule has 0 saturated carbocycles. The number of anilines is 1. The molecule has 5 heteroatoms. The van der Waals surface area contributed by atoms with E-state index in [1.807, 2.05) is 32.0 Å². The summed E-state index contributed by atoms with van der Waals surface area (Å²) in [5.74, 6) is 0.0304. The predicted octanol–water partition coefficient (Wildman–Crippen LogP) is 4.19. The fraction of sp³-hybridized carbons (Fsp3) is 0.320. The molecule has 0 unspecified atom stereocenters. The molecular formula is C25H25N3O2. The van der Waals surface area contributed by atoms with Crippen molar-refractivity contribution in [1.29, 1.82) is 5.26 Å². The maximum atomic E-state index is 13.5. The van der Waals surface area contributed by atoms with Gasteiger partial charge in [0.05, 0.1) is 22.9 Å². The second kappa shape index (κ2) is 7.79. The monoisotopic (exact) mass is 399 g/mol. The van der Waals surface area contributed by atoms with Crippen LogP contribution in [0.2, 0.25) is 0 Å². The molecule has 1 fully saturated rings. The van der Waals surface area contributed by atoms with Crippen molar-refractivity contribution in [2.45, 2.75) is 33.6 Å². The summed E-state index contributed by atoms with van der Waals surface area (Å²) in [6.45, 7) is 7.81. The number of imide groups is 1. The fourth-order valence-corrected chi connectivity index (χ4v) is 4.12. The molecule has 152 valence electrons. The zero-order valence-corrected chi connectivity index (χ0v) is 17.6. The lowest BCUT2D eigenvalue weighted by Gasteiger charge is -2.32. The molecule has 0 spiro atoms. The molecule has 0 bridgehead atoms. The molecule has 2 aromatic rings. The number of rotatable bonds is 3. The van der Waals surface area contributed by atoms with Gasteiger partial charge >= 0.3 is 0 Å². The first-order valence-corrected chi connectivity index (χ1v) is 10.4. The third-order valence-corrected chi connectivity index (χ3v) is 6.21. The Morgan fingerprint density at radius 2 is 1.60 bits per heavy atom. The van der Waals surface area contributed by atoms with Crippen LogP contribution in [0.3, 0.4) is 0 Å². The summed E-state index contributed by atoms with van der Waals surface area (Å²) >= 11 is 0. The number of carbonyl (C=O) groups is 2. The number of amides is 2. The van der Waals surface area contributed by atoms with Gasteiger partial charge in [-0.15, -0.1) is 0 Å². The molecule has 2 aliphatic rings. The first kappa shape index (κ1) is 19.9. The normalized spacial score (nSPS) is 17.7. The maximum Gasteiger partial charge on any atom is 0.282 e. The van der Waals surface area contributed by atoms with Gasteiger partial charge in [-0.2, -0.15) is 5.26 Å². The average molecular weight is 399 g/mol. The lowest BCUT2D eigenvalue weighted by molar-refractivity contribution is -0.120. The summed E-state index contributed by atoms with van der Waals surface area (Å²) in [5.41, 5.74) is 4.97.